The van der Waals surface area contributed by atoms with Gasteiger partial charge in [0.25, 0.3) is 5.91 Å². The number of phenolic OH excluding ortho intramolecular Hbond substituents is 1. The molecule has 7 nitrogen and oxygen atoms in total. The van der Waals surface area contributed by atoms with Gasteiger partial charge in [-0.3, -0.25) is 9.59 Å². The molecule has 3 rings (SSSR count). The van der Waals surface area contributed by atoms with E-state index in [1.54, 1.807) is 42.5 Å². The zero-order valence-corrected chi connectivity index (χ0v) is 21.9. The Kier molecular flexibility index (Phi) is 10.3. The van der Waals surface area contributed by atoms with Crippen LogP contribution in [0.1, 0.15) is 36.5 Å². The minimum absolute atomic E-state index is 0.00705. The van der Waals surface area contributed by atoms with E-state index in [-0.39, 0.29) is 29.6 Å². The molecule has 1 heterocycles. The summed E-state index contributed by atoms with van der Waals surface area (Å²) in [6.07, 6.45) is 3.52. The second kappa shape index (κ2) is 13.6. The molecule has 0 aliphatic rings. The maximum atomic E-state index is 13.2. The van der Waals surface area contributed by atoms with E-state index < -0.39 is 0 Å². The number of unbranched alkanes of at least 4 members (excludes halogenated alkanes) is 1. The van der Waals surface area contributed by atoms with E-state index in [1.165, 1.54) is 23.9 Å². The van der Waals surface area contributed by atoms with E-state index in [2.05, 4.69) is 17.2 Å². The summed E-state index contributed by atoms with van der Waals surface area (Å²) in [5, 5.41) is 12.6. The molecule has 0 saturated carbocycles. The van der Waals surface area contributed by atoms with Crippen LogP contribution >= 0.6 is 24.0 Å². The number of carbonyl (C=O) groups is 2. The predicted octanol–water partition coefficient (Wildman–Crippen LogP) is 5.73. The van der Waals surface area contributed by atoms with Crippen LogP contribution in [0.25, 0.3) is 0 Å². The van der Waals surface area contributed by atoms with Crippen molar-refractivity contribution in [2.75, 3.05) is 29.6 Å². The first-order valence-electron chi connectivity index (χ1n) is 11.5. The lowest BCUT2D eigenvalue weighted by Crippen LogP contribution is -2.31. The zero-order valence-electron chi connectivity index (χ0n) is 20.3. The van der Waals surface area contributed by atoms with Crippen LogP contribution in [-0.2, 0) is 4.79 Å². The van der Waals surface area contributed by atoms with Crippen LogP contribution in [0.2, 0.25) is 0 Å². The number of aromatic nitrogens is 1. The molecule has 188 valence electrons. The largest absolute Gasteiger partial charge is 0.508 e. The Morgan fingerprint density at radius 3 is 2.58 bits per heavy atom. The van der Waals surface area contributed by atoms with Crippen molar-refractivity contribution >= 4 is 52.0 Å². The first-order chi connectivity index (χ1) is 17.4. The number of thiocarbonyl (C=S) groups is 1. The van der Waals surface area contributed by atoms with E-state index in [9.17, 15) is 14.7 Å². The van der Waals surface area contributed by atoms with Gasteiger partial charge < -0.3 is 20.1 Å². The average molecular weight is 524 g/mol. The van der Waals surface area contributed by atoms with Gasteiger partial charge in [0.05, 0.1) is 36.2 Å². The Morgan fingerprint density at radius 2 is 1.92 bits per heavy atom. The summed E-state index contributed by atoms with van der Waals surface area (Å²) in [7, 11) is 1.54. The zero-order chi connectivity index (χ0) is 25.9. The molecule has 3 aromatic rings. The SMILES string of the molecule is CCCCN(C(=O)c1ccc(O)cc1)c1cccc(SCC(=O)CC(=S)Nc2ccc(OC)nc2)c1. The second-order valence-electron chi connectivity index (χ2n) is 8.00. The van der Waals surface area contributed by atoms with Gasteiger partial charge in [-0.05, 0) is 55.0 Å². The number of ether oxygens (including phenoxy) is 1. The van der Waals surface area contributed by atoms with Crippen molar-refractivity contribution in [1.29, 1.82) is 0 Å². The van der Waals surface area contributed by atoms with Crippen molar-refractivity contribution in [3.05, 3.63) is 72.4 Å². The third kappa shape index (κ3) is 8.07. The summed E-state index contributed by atoms with van der Waals surface area (Å²) >= 11 is 6.73. The van der Waals surface area contributed by atoms with Crippen LogP contribution in [0, 0.1) is 0 Å². The van der Waals surface area contributed by atoms with Crippen molar-refractivity contribution in [2.24, 2.45) is 0 Å². The Labute approximate surface area is 220 Å². The van der Waals surface area contributed by atoms with Gasteiger partial charge >= 0.3 is 0 Å². The number of Topliss-reactive ketones (excluding diaryl/α,β-unsaturated/α-hetero) is 1. The summed E-state index contributed by atoms with van der Waals surface area (Å²) < 4.78 is 5.04. The highest BCUT2D eigenvalue weighted by atomic mass is 32.2. The normalized spacial score (nSPS) is 10.5. The van der Waals surface area contributed by atoms with Gasteiger partial charge in [-0.15, -0.1) is 11.8 Å². The number of carbonyl (C=O) groups excluding carboxylic acids is 2. The number of pyridine rings is 1. The number of rotatable bonds is 12. The lowest BCUT2D eigenvalue weighted by atomic mass is 10.1. The average Bonchev–Trinajstić information content (AvgIpc) is 2.88. The number of hydrogen-bond donors (Lipinski definition) is 2. The Hall–Kier alpha value is -3.43. The van der Waals surface area contributed by atoms with Gasteiger partial charge in [-0.1, -0.05) is 31.6 Å². The van der Waals surface area contributed by atoms with Crippen LogP contribution in [0.5, 0.6) is 11.6 Å². The van der Waals surface area contributed by atoms with Gasteiger partial charge in [0, 0.05) is 28.8 Å². The smallest absolute Gasteiger partial charge is 0.258 e. The van der Waals surface area contributed by atoms with Crippen LogP contribution in [0.15, 0.2) is 71.8 Å². The topological polar surface area (TPSA) is 91.8 Å². The Bertz CT molecular complexity index is 1180. The van der Waals surface area contributed by atoms with E-state index >= 15 is 0 Å². The van der Waals surface area contributed by atoms with Crippen molar-refractivity contribution in [3.8, 4) is 11.6 Å². The number of nitrogens with one attached hydrogen (secondary N) is 1. The highest BCUT2D eigenvalue weighted by Crippen LogP contribution is 2.26. The molecular weight excluding hydrogens is 494 g/mol. The quantitative estimate of drug-likeness (QED) is 0.230. The lowest BCUT2D eigenvalue weighted by molar-refractivity contribution is -0.115. The number of nitrogens with zero attached hydrogens (tertiary/aromatic N) is 2. The molecule has 2 N–H and O–H groups in total. The molecule has 9 heteroatoms. The number of thioether (sulfide) groups is 1. The Balaban J connectivity index is 1.60. The maximum Gasteiger partial charge on any atom is 0.258 e. The van der Waals surface area contributed by atoms with Gasteiger partial charge in [0.1, 0.15) is 11.5 Å². The van der Waals surface area contributed by atoms with Crippen LogP contribution in [0.3, 0.4) is 0 Å². The van der Waals surface area contributed by atoms with Crippen molar-refractivity contribution in [3.63, 3.8) is 0 Å². The summed E-state index contributed by atoms with van der Waals surface area (Å²) in [5.74, 6) is 0.732. The fourth-order valence-electron chi connectivity index (χ4n) is 3.34. The van der Waals surface area contributed by atoms with Gasteiger partial charge in [0.15, 0.2) is 0 Å². The highest BCUT2D eigenvalue weighted by molar-refractivity contribution is 8.00. The molecule has 0 saturated heterocycles. The lowest BCUT2D eigenvalue weighted by Gasteiger charge is -2.23. The van der Waals surface area contributed by atoms with E-state index in [0.717, 1.165) is 23.4 Å². The molecule has 2 aromatic carbocycles. The molecular formula is C27H29N3O4S2. The fraction of sp³-hybridized carbons (Fsp3) is 0.259. The van der Waals surface area contributed by atoms with Gasteiger partial charge in [-0.25, -0.2) is 4.98 Å². The standard InChI is InChI=1S/C27H29N3O4S2/c1-3-4-14-30(27(33)19-8-11-22(31)12-9-19)21-6-5-7-24(15-21)36-18-23(32)16-26(35)29-20-10-13-25(34-2)28-17-20/h5-13,15,17,31H,3-4,14,16,18H2,1-2H3,(H,29,35). The van der Waals surface area contributed by atoms with Crippen molar-refractivity contribution in [1.82, 2.24) is 4.98 Å². The molecule has 1 aromatic heterocycles. The number of benzene rings is 2. The van der Waals surface area contributed by atoms with E-state index in [4.69, 9.17) is 17.0 Å². The number of amides is 1. The molecule has 36 heavy (non-hydrogen) atoms. The van der Waals surface area contributed by atoms with Crippen molar-refractivity contribution < 1.29 is 19.4 Å². The molecule has 0 bridgehead atoms. The second-order valence-corrected chi connectivity index (χ2v) is 9.54. The minimum Gasteiger partial charge on any atom is -0.508 e. The number of aromatic hydroxyl groups is 1. The molecule has 0 spiro atoms. The number of ketones is 1. The molecule has 1 amide bonds. The van der Waals surface area contributed by atoms with E-state index in [1.807, 2.05) is 24.3 Å². The molecule has 0 aliphatic heterocycles. The van der Waals surface area contributed by atoms with Gasteiger partial charge in [-0.2, -0.15) is 0 Å². The third-order valence-corrected chi connectivity index (χ3v) is 6.51. The van der Waals surface area contributed by atoms with Crippen LogP contribution in [-0.4, -0.2) is 46.2 Å². The summed E-state index contributed by atoms with van der Waals surface area (Å²) in [4.78, 5) is 32.9. The predicted molar refractivity (Wildman–Crippen MR) is 148 cm³/mol. The minimum atomic E-state index is -0.133. The monoisotopic (exact) mass is 523 g/mol. The van der Waals surface area contributed by atoms with Crippen LogP contribution < -0.4 is 15.0 Å². The number of hydrogen-bond acceptors (Lipinski definition) is 7. The molecule has 0 aliphatic carbocycles. The first kappa shape index (κ1) is 27.2. The summed E-state index contributed by atoms with van der Waals surface area (Å²) in [5.41, 5.74) is 1.97. The highest BCUT2D eigenvalue weighted by Gasteiger charge is 2.18. The van der Waals surface area contributed by atoms with Gasteiger partial charge in [0.2, 0.25) is 5.88 Å². The van der Waals surface area contributed by atoms with Crippen molar-refractivity contribution in [2.45, 2.75) is 31.1 Å². The summed E-state index contributed by atoms with van der Waals surface area (Å²) in [6, 6.07) is 17.4. The summed E-state index contributed by atoms with van der Waals surface area (Å²) in [6.45, 7) is 2.65. The number of anilines is 2. The van der Waals surface area contributed by atoms with E-state index in [0.29, 0.717) is 28.7 Å². The molecule has 0 unspecified atom stereocenters. The fourth-order valence-corrected chi connectivity index (χ4v) is 4.43. The molecule has 0 fully saturated rings. The Morgan fingerprint density at radius 1 is 1.14 bits per heavy atom. The molecule has 0 radical (unpaired) electrons. The number of phenols is 1. The maximum absolute atomic E-state index is 13.2. The molecule has 0 atom stereocenters. The van der Waals surface area contributed by atoms with Crippen LogP contribution in [0.4, 0.5) is 11.4 Å². The third-order valence-electron chi connectivity index (χ3n) is 5.21. The number of methoxy groups -OCH3 is 1. The first-order valence-corrected chi connectivity index (χ1v) is 12.9.